The van der Waals surface area contributed by atoms with Crippen LogP contribution in [-0.4, -0.2) is 36.6 Å². The predicted molar refractivity (Wildman–Crippen MR) is 85.4 cm³/mol. The van der Waals surface area contributed by atoms with Crippen molar-refractivity contribution in [1.82, 2.24) is 0 Å². The fourth-order valence-corrected chi connectivity index (χ4v) is 2.89. The van der Waals surface area contributed by atoms with Gasteiger partial charge in [-0.15, -0.1) is 0 Å². The van der Waals surface area contributed by atoms with Crippen LogP contribution in [0.15, 0.2) is 0 Å². The van der Waals surface area contributed by atoms with Crippen LogP contribution in [0.1, 0.15) is 79.6 Å². The molecule has 0 amide bonds. The maximum atomic E-state index is 9.65. The molecule has 3 nitrogen and oxygen atoms in total. The topological polar surface area (TPSA) is 40.1 Å². The van der Waals surface area contributed by atoms with E-state index in [1.54, 1.807) is 0 Å². The SMILES string of the molecule is CCCCC(=O)[O-].CCC[N+](CCC)(CCC)CCC. The Hall–Kier alpha value is -0.570. The number of carbonyl (C=O) groups excluding carboxylic acids is 1. The van der Waals surface area contributed by atoms with E-state index < -0.39 is 5.97 Å². The fourth-order valence-electron chi connectivity index (χ4n) is 2.89. The number of quaternary nitrogens is 1. The van der Waals surface area contributed by atoms with Crippen molar-refractivity contribution in [3.05, 3.63) is 0 Å². The molecular weight excluding hydrogens is 250 g/mol. The summed E-state index contributed by atoms with van der Waals surface area (Å²) in [6.45, 7) is 16.7. The zero-order valence-corrected chi connectivity index (χ0v) is 14.5. The number of nitrogens with zero attached hydrogens (tertiary/aromatic N) is 1. The average Bonchev–Trinajstić information content (AvgIpc) is 2.38. The second-order valence-electron chi connectivity index (χ2n) is 5.71. The highest BCUT2D eigenvalue weighted by atomic mass is 16.4. The summed E-state index contributed by atoms with van der Waals surface area (Å²) in [5.74, 6) is -0.943. The molecule has 0 aromatic heterocycles. The van der Waals surface area contributed by atoms with E-state index in [9.17, 15) is 9.90 Å². The highest BCUT2D eigenvalue weighted by molar-refractivity contribution is 5.63. The molecule has 122 valence electrons. The van der Waals surface area contributed by atoms with Gasteiger partial charge < -0.3 is 14.4 Å². The number of unbranched alkanes of at least 4 members (excludes halogenated alkanes) is 1. The summed E-state index contributed by atoms with van der Waals surface area (Å²) in [5, 5.41) is 9.65. The van der Waals surface area contributed by atoms with Crippen molar-refractivity contribution in [3.63, 3.8) is 0 Å². The molecule has 0 bridgehead atoms. The highest BCUT2D eigenvalue weighted by Crippen LogP contribution is 2.12. The molecule has 0 unspecified atom stereocenters. The van der Waals surface area contributed by atoms with Gasteiger partial charge in [0.05, 0.1) is 26.2 Å². The van der Waals surface area contributed by atoms with Crippen LogP contribution >= 0.6 is 0 Å². The molecule has 3 heteroatoms. The van der Waals surface area contributed by atoms with Gasteiger partial charge in [0.15, 0.2) is 0 Å². The van der Waals surface area contributed by atoms with E-state index in [2.05, 4.69) is 27.7 Å². The molecule has 0 aliphatic heterocycles. The van der Waals surface area contributed by atoms with E-state index in [1.165, 1.54) is 56.3 Å². The molecule has 0 rings (SSSR count). The summed E-state index contributed by atoms with van der Waals surface area (Å²) in [6, 6.07) is 0. The van der Waals surface area contributed by atoms with E-state index in [0.717, 1.165) is 12.8 Å². The van der Waals surface area contributed by atoms with Gasteiger partial charge in [-0.05, 0) is 38.5 Å². The Morgan fingerprint density at radius 2 is 1.10 bits per heavy atom. The van der Waals surface area contributed by atoms with Gasteiger partial charge in [-0.3, -0.25) is 0 Å². The lowest BCUT2D eigenvalue weighted by Crippen LogP contribution is -2.50. The van der Waals surface area contributed by atoms with Crippen LogP contribution in [0, 0.1) is 0 Å². The van der Waals surface area contributed by atoms with Crippen LogP contribution in [0.25, 0.3) is 0 Å². The number of hydrogen-bond acceptors (Lipinski definition) is 2. The third-order valence-electron chi connectivity index (χ3n) is 3.53. The minimum Gasteiger partial charge on any atom is -0.550 e. The Morgan fingerprint density at radius 1 is 0.750 bits per heavy atom. The van der Waals surface area contributed by atoms with Crippen molar-refractivity contribution < 1.29 is 14.4 Å². The third kappa shape index (κ3) is 12.5. The summed E-state index contributed by atoms with van der Waals surface area (Å²) >= 11 is 0. The van der Waals surface area contributed by atoms with Crippen molar-refractivity contribution in [1.29, 1.82) is 0 Å². The molecule has 0 spiro atoms. The first kappa shape index (κ1) is 21.7. The Balaban J connectivity index is 0. The Kier molecular flexibility index (Phi) is 16.1. The van der Waals surface area contributed by atoms with Gasteiger partial charge in [-0.25, -0.2) is 0 Å². The zero-order valence-electron chi connectivity index (χ0n) is 14.5. The highest BCUT2D eigenvalue weighted by Gasteiger charge is 2.22. The summed E-state index contributed by atoms with van der Waals surface area (Å²) in [6.07, 6.45) is 7.20. The largest absolute Gasteiger partial charge is 0.550 e. The standard InChI is InChI=1S/C12H28N.C5H10O2/c1-5-9-13(10-6-2,11-7-3)12-8-4;1-2-3-4-5(6)7/h5-12H2,1-4H3;2-4H2,1H3,(H,6,7)/q+1;/p-1. The van der Waals surface area contributed by atoms with Gasteiger partial charge in [-0.2, -0.15) is 0 Å². The number of carboxylic acid groups (broad SMARTS) is 1. The molecule has 0 aliphatic rings. The van der Waals surface area contributed by atoms with Gasteiger partial charge in [0, 0.05) is 5.97 Å². The molecule has 0 saturated heterocycles. The number of hydrogen-bond donors (Lipinski definition) is 0. The van der Waals surface area contributed by atoms with Crippen molar-refractivity contribution in [3.8, 4) is 0 Å². The van der Waals surface area contributed by atoms with Crippen LogP contribution in [0.2, 0.25) is 0 Å². The van der Waals surface area contributed by atoms with Gasteiger partial charge >= 0.3 is 0 Å². The van der Waals surface area contributed by atoms with Crippen molar-refractivity contribution in [2.75, 3.05) is 26.2 Å². The van der Waals surface area contributed by atoms with Crippen LogP contribution in [0.3, 0.4) is 0 Å². The van der Waals surface area contributed by atoms with Crippen molar-refractivity contribution >= 4 is 5.97 Å². The second-order valence-corrected chi connectivity index (χ2v) is 5.71. The van der Waals surface area contributed by atoms with Gasteiger partial charge in [0.1, 0.15) is 0 Å². The molecule has 0 aromatic carbocycles. The molecule has 0 saturated carbocycles. The normalized spacial score (nSPS) is 10.8. The smallest absolute Gasteiger partial charge is 0.0783 e. The average molecular weight is 287 g/mol. The lowest BCUT2D eigenvalue weighted by atomic mass is 10.2. The minimum atomic E-state index is -0.943. The van der Waals surface area contributed by atoms with Gasteiger partial charge in [0.25, 0.3) is 0 Å². The zero-order chi connectivity index (χ0) is 15.9. The molecule has 0 N–H and O–H groups in total. The van der Waals surface area contributed by atoms with E-state index >= 15 is 0 Å². The van der Waals surface area contributed by atoms with Crippen LogP contribution < -0.4 is 5.11 Å². The number of aliphatic carboxylic acids is 1. The molecule has 0 radical (unpaired) electrons. The van der Waals surface area contributed by atoms with Gasteiger partial charge in [0.2, 0.25) is 0 Å². The first-order valence-corrected chi connectivity index (χ1v) is 8.56. The quantitative estimate of drug-likeness (QED) is 0.547. The molecule has 0 heterocycles. The number of rotatable bonds is 11. The molecule has 0 aromatic rings. The number of carboxylic acids is 1. The fraction of sp³-hybridized carbons (Fsp3) is 0.941. The summed E-state index contributed by atoms with van der Waals surface area (Å²) < 4.78 is 1.38. The Bertz CT molecular complexity index is 188. The first-order chi connectivity index (χ1) is 9.51. The Morgan fingerprint density at radius 3 is 1.25 bits per heavy atom. The lowest BCUT2D eigenvalue weighted by Gasteiger charge is -2.38. The van der Waals surface area contributed by atoms with E-state index in [4.69, 9.17) is 0 Å². The molecular formula is C17H37NO2. The second kappa shape index (κ2) is 14.8. The number of carbonyl (C=O) groups is 1. The van der Waals surface area contributed by atoms with Crippen molar-refractivity contribution in [2.45, 2.75) is 79.6 Å². The van der Waals surface area contributed by atoms with E-state index in [1.807, 2.05) is 6.92 Å². The third-order valence-corrected chi connectivity index (χ3v) is 3.53. The van der Waals surface area contributed by atoms with Crippen molar-refractivity contribution in [2.24, 2.45) is 0 Å². The van der Waals surface area contributed by atoms with E-state index in [-0.39, 0.29) is 6.42 Å². The van der Waals surface area contributed by atoms with Crippen LogP contribution in [0.4, 0.5) is 0 Å². The van der Waals surface area contributed by atoms with E-state index in [0.29, 0.717) is 0 Å². The molecule has 0 fully saturated rings. The van der Waals surface area contributed by atoms with Gasteiger partial charge in [-0.1, -0.05) is 41.0 Å². The van der Waals surface area contributed by atoms with Crippen LogP contribution in [0.5, 0.6) is 0 Å². The monoisotopic (exact) mass is 287 g/mol. The minimum absolute atomic E-state index is 0.205. The summed E-state index contributed by atoms with van der Waals surface area (Å²) in [4.78, 5) is 9.65. The first-order valence-electron chi connectivity index (χ1n) is 8.56. The summed E-state index contributed by atoms with van der Waals surface area (Å²) in [7, 11) is 0. The molecule has 0 aliphatic carbocycles. The summed E-state index contributed by atoms with van der Waals surface area (Å²) in [5.41, 5.74) is 0. The molecule has 20 heavy (non-hydrogen) atoms. The predicted octanol–water partition coefficient (Wildman–Crippen LogP) is 3.37. The lowest BCUT2D eigenvalue weighted by molar-refractivity contribution is -0.928. The van der Waals surface area contributed by atoms with Crippen LogP contribution in [-0.2, 0) is 4.79 Å². The molecule has 0 atom stereocenters. The maximum Gasteiger partial charge on any atom is 0.0783 e. The Labute approximate surface area is 127 Å². The maximum absolute atomic E-state index is 9.65.